The predicted molar refractivity (Wildman–Crippen MR) is 103 cm³/mol. The van der Waals surface area contributed by atoms with Gasteiger partial charge in [0.1, 0.15) is 6.04 Å². The number of hydrogen-bond donors (Lipinski definition) is 1. The Labute approximate surface area is 167 Å². The molecule has 2 aliphatic rings. The summed E-state index contributed by atoms with van der Waals surface area (Å²) in [4.78, 5) is 37.7. The molecule has 8 nitrogen and oxygen atoms in total. The molecule has 0 spiro atoms. The molecule has 1 unspecified atom stereocenters. The van der Waals surface area contributed by atoms with Crippen LogP contribution in [0.25, 0.3) is 0 Å². The van der Waals surface area contributed by atoms with Crippen LogP contribution in [0.2, 0.25) is 0 Å². The molecule has 1 atom stereocenters. The monoisotopic (exact) mass is 414 g/mol. The van der Waals surface area contributed by atoms with E-state index < -0.39 is 33.8 Å². The molecule has 0 radical (unpaired) electrons. The molecule has 0 saturated carbocycles. The first-order valence-corrected chi connectivity index (χ1v) is 10.6. The van der Waals surface area contributed by atoms with E-state index in [9.17, 15) is 27.9 Å². The van der Waals surface area contributed by atoms with Crippen molar-refractivity contribution in [3.8, 4) is 0 Å². The lowest BCUT2D eigenvalue weighted by atomic mass is 10.1. The third-order valence-corrected chi connectivity index (χ3v) is 7.12. The summed E-state index contributed by atoms with van der Waals surface area (Å²) in [5.41, 5.74) is 0.640. The van der Waals surface area contributed by atoms with Crippen LogP contribution in [0.1, 0.15) is 40.0 Å². The molecule has 0 bridgehead atoms. The Morgan fingerprint density at radius 2 is 1.62 bits per heavy atom. The van der Waals surface area contributed by atoms with Gasteiger partial charge in [-0.25, -0.2) is 13.3 Å². The second-order valence-corrected chi connectivity index (χ2v) is 8.84. The zero-order valence-corrected chi connectivity index (χ0v) is 16.1. The molecular formula is C20H18N2O6S. The van der Waals surface area contributed by atoms with Crippen molar-refractivity contribution in [2.24, 2.45) is 0 Å². The van der Waals surface area contributed by atoms with Crippen LogP contribution in [-0.4, -0.2) is 48.2 Å². The predicted octanol–water partition coefficient (Wildman–Crippen LogP) is 2.11. The van der Waals surface area contributed by atoms with Crippen molar-refractivity contribution in [2.75, 3.05) is 11.4 Å². The van der Waals surface area contributed by atoms with Crippen molar-refractivity contribution in [3.05, 3.63) is 59.7 Å². The molecule has 1 N–H and O–H groups in total. The number of carboxylic acid groups (broad SMARTS) is 1. The number of benzene rings is 2. The molecule has 0 aliphatic carbocycles. The van der Waals surface area contributed by atoms with Gasteiger partial charge in [0.2, 0.25) is 10.0 Å². The van der Waals surface area contributed by atoms with Gasteiger partial charge in [-0.3, -0.25) is 14.4 Å². The maximum atomic E-state index is 13.1. The van der Waals surface area contributed by atoms with E-state index in [1.807, 2.05) is 0 Å². The summed E-state index contributed by atoms with van der Waals surface area (Å²) in [6, 6.07) is 10.7. The number of aliphatic carboxylic acids is 1. The Hall–Kier alpha value is -3.04. The van der Waals surface area contributed by atoms with E-state index in [1.54, 1.807) is 24.3 Å². The molecule has 4 rings (SSSR count). The zero-order chi connectivity index (χ0) is 20.8. The fourth-order valence-electron chi connectivity index (χ4n) is 3.78. The second kappa shape index (κ2) is 7.09. The third kappa shape index (κ3) is 3.12. The van der Waals surface area contributed by atoms with Gasteiger partial charge in [0, 0.05) is 6.54 Å². The normalized spacial score (nSPS) is 20.0. The van der Waals surface area contributed by atoms with Crippen LogP contribution >= 0.6 is 0 Å². The first-order valence-electron chi connectivity index (χ1n) is 9.15. The van der Waals surface area contributed by atoms with Crippen molar-refractivity contribution in [1.29, 1.82) is 0 Å². The van der Waals surface area contributed by atoms with Crippen LogP contribution in [0.3, 0.4) is 0 Å². The number of piperidine rings is 1. The molecule has 9 heteroatoms. The van der Waals surface area contributed by atoms with E-state index >= 15 is 0 Å². The summed E-state index contributed by atoms with van der Waals surface area (Å²) in [6.45, 7) is 0.108. The highest BCUT2D eigenvalue weighted by atomic mass is 32.2. The van der Waals surface area contributed by atoms with Crippen LogP contribution in [0, 0.1) is 0 Å². The van der Waals surface area contributed by atoms with Crippen LogP contribution in [0.5, 0.6) is 0 Å². The van der Waals surface area contributed by atoms with Gasteiger partial charge < -0.3 is 5.11 Å². The standard InChI is InChI=1S/C20H18N2O6S/c23-18-15-8-1-2-9-16(15)19(24)22(18)13-6-5-7-14(12-13)29(27,28)21-11-4-3-10-17(21)20(25)26/h1-2,5-9,12,17H,3-4,10-11H2,(H,25,26). The molecule has 2 heterocycles. The highest BCUT2D eigenvalue weighted by molar-refractivity contribution is 7.89. The Balaban J connectivity index is 1.72. The molecule has 29 heavy (non-hydrogen) atoms. The smallest absolute Gasteiger partial charge is 0.322 e. The summed E-state index contributed by atoms with van der Waals surface area (Å²) in [7, 11) is -4.11. The molecular weight excluding hydrogens is 396 g/mol. The molecule has 2 aromatic carbocycles. The van der Waals surface area contributed by atoms with Crippen molar-refractivity contribution in [2.45, 2.75) is 30.2 Å². The number of sulfonamides is 1. The lowest BCUT2D eigenvalue weighted by Gasteiger charge is -2.32. The number of imide groups is 1. The number of carbonyl (C=O) groups is 3. The average Bonchev–Trinajstić information content (AvgIpc) is 2.98. The van der Waals surface area contributed by atoms with Gasteiger partial charge >= 0.3 is 5.97 Å². The minimum Gasteiger partial charge on any atom is -0.480 e. The molecule has 0 aromatic heterocycles. The highest BCUT2D eigenvalue weighted by Crippen LogP contribution is 2.31. The van der Waals surface area contributed by atoms with Gasteiger partial charge in [-0.2, -0.15) is 4.31 Å². The van der Waals surface area contributed by atoms with Gasteiger partial charge in [-0.05, 0) is 49.6 Å². The van der Waals surface area contributed by atoms with E-state index in [-0.39, 0.29) is 34.7 Å². The second-order valence-electron chi connectivity index (χ2n) is 6.95. The Kier molecular flexibility index (Phi) is 4.71. The van der Waals surface area contributed by atoms with E-state index in [1.165, 1.54) is 24.3 Å². The van der Waals surface area contributed by atoms with E-state index in [0.29, 0.717) is 12.8 Å². The van der Waals surface area contributed by atoms with E-state index in [0.717, 1.165) is 9.21 Å². The SMILES string of the molecule is O=C(O)C1CCCCN1S(=O)(=O)c1cccc(N2C(=O)c3ccccc3C2=O)c1. The summed E-state index contributed by atoms with van der Waals surface area (Å²) in [5, 5.41) is 9.41. The fourth-order valence-corrected chi connectivity index (χ4v) is 5.47. The maximum Gasteiger partial charge on any atom is 0.322 e. The Bertz CT molecular complexity index is 1090. The topological polar surface area (TPSA) is 112 Å². The zero-order valence-electron chi connectivity index (χ0n) is 15.3. The average molecular weight is 414 g/mol. The summed E-state index contributed by atoms with van der Waals surface area (Å²) in [6.07, 6.45) is 1.45. The first kappa shape index (κ1) is 19.3. The van der Waals surface area contributed by atoms with Crippen LogP contribution in [0.15, 0.2) is 53.4 Å². The molecule has 150 valence electrons. The van der Waals surface area contributed by atoms with Crippen molar-refractivity contribution >= 4 is 33.5 Å². The highest BCUT2D eigenvalue weighted by Gasteiger charge is 2.39. The minimum atomic E-state index is -4.11. The van der Waals surface area contributed by atoms with Crippen molar-refractivity contribution in [1.82, 2.24) is 4.31 Å². The number of anilines is 1. The Morgan fingerprint density at radius 1 is 0.966 bits per heavy atom. The number of nitrogens with zero attached hydrogens (tertiary/aromatic N) is 2. The first-order chi connectivity index (χ1) is 13.8. The number of amides is 2. The van der Waals surface area contributed by atoms with Crippen molar-refractivity contribution < 1.29 is 27.9 Å². The summed E-state index contributed by atoms with van der Waals surface area (Å²) in [5.74, 6) is -2.24. The number of hydrogen-bond acceptors (Lipinski definition) is 5. The minimum absolute atomic E-state index is 0.108. The maximum absolute atomic E-state index is 13.1. The van der Waals surface area contributed by atoms with Gasteiger partial charge in [0.05, 0.1) is 21.7 Å². The van der Waals surface area contributed by atoms with E-state index in [4.69, 9.17) is 0 Å². The van der Waals surface area contributed by atoms with Crippen LogP contribution in [0.4, 0.5) is 5.69 Å². The molecule has 2 amide bonds. The lowest BCUT2D eigenvalue weighted by Crippen LogP contribution is -2.47. The van der Waals surface area contributed by atoms with Gasteiger partial charge in [-0.1, -0.05) is 18.2 Å². The van der Waals surface area contributed by atoms with Gasteiger partial charge in [0.15, 0.2) is 0 Å². The Morgan fingerprint density at radius 3 is 2.24 bits per heavy atom. The molecule has 1 saturated heterocycles. The molecule has 2 aliphatic heterocycles. The summed E-state index contributed by atoms with van der Waals surface area (Å²) < 4.78 is 27.2. The summed E-state index contributed by atoms with van der Waals surface area (Å²) >= 11 is 0. The largest absolute Gasteiger partial charge is 0.480 e. The molecule has 1 fully saturated rings. The van der Waals surface area contributed by atoms with Crippen molar-refractivity contribution in [3.63, 3.8) is 0 Å². The van der Waals surface area contributed by atoms with E-state index in [2.05, 4.69) is 0 Å². The quantitative estimate of drug-likeness (QED) is 0.767. The third-order valence-electron chi connectivity index (χ3n) is 5.22. The van der Waals surface area contributed by atoms with Crippen LogP contribution < -0.4 is 4.90 Å². The number of carboxylic acids is 1. The number of carbonyl (C=O) groups excluding carboxylic acids is 2. The lowest BCUT2D eigenvalue weighted by molar-refractivity contribution is -0.142. The number of rotatable bonds is 4. The van der Waals surface area contributed by atoms with Gasteiger partial charge in [0.25, 0.3) is 11.8 Å². The molecule has 2 aromatic rings. The fraction of sp³-hybridized carbons (Fsp3) is 0.250. The van der Waals surface area contributed by atoms with Crippen LogP contribution in [-0.2, 0) is 14.8 Å². The van der Waals surface area contributed by atoms with Gasteiger partial charge in [-0.15, -0.1) is 0 Å². The number of fused-ring (bicyclic) bond motifs is 1.